The van der Waals surface area contributed by atoms with Crippen molar-refractivity contribution in [3.8, 4) is 0 Å². The standard InChI is InChI=1S/C9H15ClO2/c1-12-9(11)6-7-2-4-8(10)5-3-7/h7-8H,2-6H2,1H3. The molecule has 70 valence electrons. The van der Waals surface area contributed by atoms with Gasteiger partial charge in [-0.25, -0.2) is 0 Å². The van der Waals surface area contributed by atoms with Crippen LogP contribution < -0.4 is 0 Å². The minimum atomic E-state index is -0.0898. The fourth-order valence-corrected chi connectivity index (χ4v) is 1.90. The molecule has 1 aliphatic rings. The van der Waals surface area contributed by atoms with Crippen molar-refractivity contribution in [2.45, 2.75) is 37.5 Å². The topological polar surface area (TPSA) is 26.3 Å². The molecule has 0 saturated heterocycles. The van der Waals surface area contributed by atoms with Gasteiger partial charge in [0.1, 0.15) is 0 Å². The minimum Gasteiger partial charge on any atom is -0.469 e. The Bertz CT molecular complexity index is 151. The Morgan fingerprint density at radius 1 is 1.42 bits per heavy atom. The monoisotopic (exact) mass is 190 g/mol. The van der Waals surface area contributed by atoms with Crippen LogP contribution in [0.25, 0.3) is 0 Å². The second-order valence-electron chi connectivity index (χ2n) is 3.40. The Labute approximate surface area is 78.2 Å². The summed E-state index contributed by atoms with van der Waals surface area (Å²) >= 11 is 5.94. The third kappa shape index (κ3) is 3.02. The number of methoxy groups -OCH3 is 1. The number of halogens is 1. The van der Waals surface area contributed by atoms with Crippen LogP contribution in [0.15, 0.2) is 0 Å². The van der Waals surface area contributed by atoms with Crippen molar-refractivity contribution in [2.75, 3.05) is 7.11 Å². The van der Waals surface area contributed by atoms with Gasteiger partial charge in [-0.3, -0.25) is 4.79 Å². The summed E-state index contributed by atoms with van der Waals surface area (Å²) in [5.74, 6) is 0.417. The SMILES string of the molecule is COC(=O)CC1CCC(Cl)CC1. The van der Waals surface area contributed by atoms with E-state index in [1.54, 1.807) is 0 Å². The molecule has 0 unspecified atom stereocenters. The molecule has 1 fully saturated rings. The molecule has 0 aromatic carbocycles. The Morgan fingerprint density at radius 2 is 2.00 bits per heavy atom. The summed E-state index contributed by atoms with van der Waals surface area (Å²) in [6.07, 6.45) is 4.80. The van der Waals surface area contributed by atoms with E-state index in [9.17, 15) is 4.79 Å². The number of carbonyl (C=O) groups is 1. The van der Waals surface area contributed by atoms with Gasteiger partial charge in [-0.05, 0) is 31.6 Å². The number of carbonyl (C=O) groups excluding carboxylic acids is 1. The molecule has 0 N–H and O–H groups in total. The highest BCUT2D eigenvalue weighted by molar-refractivity contribution is 6.20. The van der Waals surface area contributed by atoms with Crippen molar-refractivity contribution in [3.63, 3.8) is 0 Å². The van der Waals surface area contributed by atoms with Crippen molar-refractivity contribution in [1.29, 1.82) is 0 Å². The normalized spacial score (nSPS) is 29.8. The molecule has 12 heavy (non-hydrogen) atoms. The zero-order chi connectivity index (χ0) is 8.97. The maximum atomic E-state index is 10.9. The van der Waals surface area contributed by atoms with E-state index in [1.165, 1.54) is 7.11 Å². The minimum absolute atomic E-state index is 0.0898. The second kappa shape index (κ2) is 4.70. The molecule has 0 radical (unpaired) electrons. The molecule has 1 rings (SSSR count). The number of ether oxygens (including phenoxy) is 1. The first-order valence-electron chi connectivity index (χ1n) is 4.43. The van der Waals surface area contributed by atoms with E-state index in [4.69, 9.17) is 11.6 Å². The highest BCUT2D eigenvalue weighted by atomic mass is 35.5. The maximum absolute atomic E-state index is 10.9. The van der Waals surface area contributed by atoms with E-state index >= 15 is 0 Å². The third-order valence-electron chi connectivity index (χ3n) is 2.46. The van der Waals surface area contributed by atoms with E-state index in [1.807, 2.05) is 0 Å². The van der Waals surface area contributed by atoms with Crippen LogP contribution in [0, 0.1) is 5.92 Å². The van der Waals surface area contributed by atoms with Crippen LogP contribution in [0.4, 0.5) is 0 Å². The lowest BCUT2D eigenvalue weighted by Gasteiger charge is -2.23. The first-order chi connectivity index (χ1) is 5.72. The summed E-state index contributed by atoms with van der Waals surface area (Å²) in [6, 6.07) is 0. The van der Waals surface area contributed by atoms with E-state index in [2.05, 4.69) is 4.74 Å². The van der Waals surface area contributed by atoms with E-state index in [-0.39, 0.29) is 5.97 Å². The second-order valence-corrected chi connectivity index (χ2v) is 4.02. The molecule has 0 spiro atoms. The molecule has 1 saturated carbocycles. The van der Waals surface area contributed by atoms with Crippen LogP contribution >= 0.6 is 11.6 Å². The summed E-state index contributed by atoms with van der Waals surface area (Å²) in [4.78, 5) is 10.9. The van der Waals surface area contributed by atoms with Crippen molar-refractivity contribution >= 4 is 17.6 Å². The number of hydrogen-bond donors (Lipinski definition) is 0. The first kappa shape index (κ1) is 9.85. The number of alkyl halides is 1. The average Bonchev–Trinajstić information content (AvgIpc) is 2.09. The van der Waals surface area contributed by atoms with Gasteiger partial charge >= 0.3 is 5.97 Å². The molecule has 0 aliphatic heterocycles. The van der Waals surface area contributed by atoms with Crippen LogP contribution in [0.2, 0.25) is 0 Å². The first-order valence-corrected chi connectivity index (χ1v) is 4.87. The number of hydrogen-bond acceptors (Lipinski definition) is 2. The molecule has 0 amide bonds. The van der Waals surface area contributed by atoms with Gasteiger partial charge in [0.2, 0.25) is 0 Å². The molecule has 0 bridgehead atoms. The number of esters is 1. The van der Waals surface area contributed by atoms with Gasteiger partial charge in [0.15, 0.2) is 0 Å². The van der Waals surface area contributed by atoms with E-state index in [0.29, 0.717) is 17.7 Å². The molecule has 0 atom stereocenters. The summed E-state index contributed by atoms with van der Waals surface area (Å²) in [5.41, 5.74) is 0. The van der Waals surface area contributed by atoms with Gasteiger partial charge in [-0.1, -0.05) is 0 Å². The van der Waals surface area contributed by atoms with Crippen molar-refractivity contribution in [3.05, 3.63) is 0 Å². The zero-order valence-electron chi connectivity index (χ0n) is 7.38. The summed E-state index contributed by atoms with van der Waals surface area (Å²) in [5, 5.41) is 0.332. The largest absolute Gasteiger partial charge is 0.469 e. The lowest BCUT2D eigenvalue weighted by atomic mass is 9.87. The fourth-order valence-electron chi connectivity index (χ4n) is 1.64. The predicted octanol–water partition coefficient (Wildman–Crippen LogP) is 2.35. The summed E-state index contributed by atoms with van der Waals surface area (Å²) in [7, 11) is 1.44. The molecule has 0 aromatic rings. The van der Waals surface area contributed by atoms with E-state index < -0.39 is 0 Å². The maximum Gasteiger partial charge on any atom is 0.305 e. The van der Waals surface area contributed by atoms with Crippen LogP contribution in [0.3, 0.4) is 0 Å². The van der Waals surface area contributed by atoms with E-state index in [0.717, 1.165) is 25.7 Å². The lowest BCUT2D eigenvalue weighted by Crippen LogP contribution is -2.17. The summed E-state index contributed by atoms with van der Waals surface area (Å²) in [6.45, 7) is 0. The van der Waals surface area contributed by atoms with Gasteiger partial charge in [0.05, 0.1) is 7.11 Å². The number of rotatable bonds is 2. The molecule has 1 aliphatic carbocycles. The Kier molecular flexibility index (Phi) is 3.86. The average molecular weight is 191 g/mol. The van der Waals surface area contributed by atoms with Crippen LogP contribution in [0.1, 0.15) is 32.1 Å². The van der Waals surface area contributed by atoms with Crippen LogP contribution in [0.5, 0.6) is 0 Å². The Balaban J connectivity index is 2.21. The third-order valence-corrected chi connectivity index (χ3v) is 2.90. The molecule has 0 aromatic heterocycles. The van der Waals surface area contributed by atoms with Crippen LogP contribution in [-0.2, 0) is 9.53 Å². The van der Waals surface area contributed by atoms with Crippen molar-refractivity contribution < 1.29 is 9.53 Å². The highest BCUT2D eigenvalue weighted by Crippen LogP contribution is 2.29. The lowest BCUT2D eigenvalue weighted by molar-refractivity contribution is -0.141. The zero-order valence-corrected chi connectivity index (χ0v) is 8.14. The van der Waals surface area contributed by atoms with Crippen LogP contribution in [-0.4, -0.2) is 18.5 Å². The molecular formula is C9H15ClO2. The fraction of sp³-hybridized carbons (Fsp3) is 0.889. The van der Waals surface area contributed by atoms with Gasteiger partial charge in [0, 0.05) is 11.8 Å². The highest BCUT2D eigenvalue weighted by Gasteiger charge is 2.21. The molecule has 0 heterocycles. The quantitative estimate of drug-likeness (QED) is 0.494. The predicted molar refractivity (Wildman–Crippen MR) is 48.2 cm³/mol. The van der Waals surface area contributed by atoms with Gasteiger partial charge in [0.25, 0.3) is 0 Å². The Morgan fingerprint density at radius 3 is 2.50 bits per heavy atom. The van der Waals surface area contributed by atoms with Gasteiger partial charge < -0.3 is 4.74 Å². The van der Waals surface area contributed by atoms with Crippen molar-refractivity contribution in [1.82, 2.24) is 0 Å². The smallest absolute Gasteiger partial charge is 0.305 e. The Hall–Kier alpha value is -0.240. The van der Waals surface area contributed by atoms with Gasteiger partial charge in [-0.15, -0.1) is 11.6 Å². The molecule has 3 heteroatoms. The van der Waals surface area contributed by atoms with Crippen molar-refractivity contribution in [2.24, 2.45) is 5.92 Å². The van der Waals surface area contributed by atoms with Gasteiger partial charge in [-0.2, -0.15) is 0 Å². The molecule has 2 nitrogen and oxygen atoms in total. The molecular weight excluding hydrogens is 176 g/mol. The summed E-state index contributed by atoms with van der Waals surface area (Å²) < 4.78 is 4.61.